The van der Waals surface area contributed by atoms with Crippen molar-refractivity contribution in [3.63, 3.8) is 0 Å². The van der Waals surface area contributed by atoms with E-state index in [1.807, 2.05) is 21.1 Å². The van der Waals surface area contributed by atoms with E-state index in [0.717, 1.165) is 0 Å². The number of rotatable bonds is 14. The van der Waals surface area contributed by atoms with Crippen molar-refractivity contribution in [2.75, 3.05) is 46.6 Å². The molecule has 0 aliphatic carbocycles. The van der Waals surface area contributed by atoms with Crippen LogP contribution in [0.5, 0.6) is 0 Å². The highest BCUT2D eigenvalue weighted by Crippen LogP contribution is 2.05. The Bertz CT molecular complexity index is 567. The summed E-state index contributed by atoms with van der Waals surface area (Å²) in [6.07, 6.45) is -0.337. The summed E-state index contributed by atoms with van der Waals surface area (Å²) in [6, 6.07) is -2.33. The van der Waals surface area contributed by atoms with E-state index in [1.54, 1.807) is 0 Å². The molecule has 0 bridgehead atoms. The molecule has 0 saturated carbocycles. The zero-order valence-corrected chi connectivity index (χ0v) is 17.0. The van der Waals surface area contributed by atoms with Crippen LogP contribution in [0.25, 0.3) is 0 Å². The maximum Gasteiger partial charge on any atom is 0.325 e. The van der Waals surface area contributed by atoms with Gasteiger partial charge in [0.15, 0.2) is 0 Å². The lowest BCUT2D eigenvalue weighted by Crippen LogP contribution is -2.49. The first-order valence-corrected chi connectivity index (χ1v) is 9.36. The molecule has 2 atom stereocenters. The van der Waals surface area contributed by atoms with Gasteiger partial charge in [0, 0.05) is 28.7 Å². The number of carboxylic acid groups (broad SMARTS) is 1. The van der Waals surface area contributed by atoms with Crippen LogP contribution in [0.1, 0.15) is 12.8 Å². The molecule has 0 aliphatic heterocycles. The van der Waals surface area contributed by atoms with E-state index in [0.29, 0.717) is 23.0 Å². The average Bonchev–Trinajstić information content (AvgIpc) is 2.59. The minimum atomic E-state index is -1.24. The summed E-state index contributed by atoms with van der Waals surface area (Å²) in [5, 5.41) is 13.4. The largest absolute Gasteiger partial charge is 0.480 e. The van der Waals surface area contributed by atoms with Gasteiger partial charge in [-0.2, -0.15) is 0 Å². The molecule has 0 heterocycles. The van der Waals surface area contributed by atoms with Crippen molar-refractivity contribution >= 4 is 35.7 Å². The van der Waals surface area contributed by atoms with E-state index >= 15 is 0 Å². The van der Waals surface area contributed by atoms with Crippen LogP contribution in [-0.2, 0) is 23.9 Å². The molecule has 0 saturated heterocycles. The fourth-order valence-corrected chi connectivity index (χ4v) is 2.18. The number of amides is 2. The molecule has 0 aromatic carbocycles. The molecule has 0 aliphatic rings. The number of esters is 1. The molecule has 0 aromatic heterocycles. The normalized spacial score (nSPS) is 13.1. The van der Waals surface area contributed by atoms with Crippen molar-refractivity contribution < 1.29 is 33.5 Å². The van der Waals surface area contributed by atoms with Crippen molar-refractivity contribution in [1.29, 1.82) is 0 Å². The van der Waals surface area contributed by atoms with Crippen molar-refractivity contribution in [2.24, 2.45) is 10.3 Å². The Labute approximate surface area is 167 Å². The van der Waals surface area contributed by atoms with Crippen molar-refractivity contribution in [1.82, 2.24) is 10.6 Å². The predicted octanol–water partition coefficient (Wildman–Crippen LogP) is -1.56. The predicted molar refractivity (Wildman–Crippen MR) is 102 cm³/mol. The van der Waals surface area contributed by atoms with Gasteiger partial charge in [0.1, 0.15) is 31.8 Å². The molecule has 5 N–H and O–H groups in total. The molecule has 2 unspecified atom stereocenters. The molecule has 2 amide bonds. The van der Waals surface area contributed by atoms with Crippen LogP contribution in [0.4, 0.5) is 0 Å². The Morgan fingerprint density at radius 2 is 1.89 bits per heavy atom. The van der Waals surface area contributed by atoms with E-state index in [9.17, 15) is 24.1 Å². The van der Waals surface area contributed by atoms with Crippen LogP contribution < -0.4 is 16.4 Å². The van der Waals surface area contributed by atoms with Crippen LogP contribution in [0.3, 0.4) is 0 Å². The van der Waals surface area contributed by atoms with E-state index in [1.165, 1.54) is 0 Å². The zero-order chi connectivity index (χ0) is 21.7. The standard InChI is InChI=1S/C15H27N5O7S/c1-20(2,3)6-7-27-13(22)8-17-14(23)11(9-28-19-26)18-12(21)5-4-10(16)15(24)25/h10-11H,4-9,16H2,1-3H3,(H2-,17,18,21,23,24,25)/p+1. The number of hydrogen-bond acceptors (Lipinski definition) is 9. The average molecular weight is 422 g/mol. The third kappa shape index (κ3) is 13.0. The molecule has 0 radical (unpaired) electrons. The highest BCUT2D eigenvalue weighted by Gasteiger charge is 2.23. The van der Waals surface area contributed by atoms with E-state index in [-0.39, 0.29) is 25.2 Å². The van der Waals surface area contributed by atoms with Gasteiger partial charge in [0.05, 0.1) is 21.1 Å². The van der Waals surface area contributed by atoms with Crippen molar-refractivity contribution in [2.45, 2.75) is 24.9 Å². The van der Waals surface area contributed by atoms with Crippen molar-refractivity contribution in [3.05, 3.63) is 4.91 Å². The van der Waals surface area contributed by atoms with Crippen LogP contribution in [0.15, 0.2) is 4.58 Å². The maximum absolute atomic E-state index is 12.2. The number of nitroso groups, excluding NO2 is 1. The lowest BCUT2D eigenvalue weighted by atomic mass is 10.1. The quantitative estimate of drug-likeness (QED) is 0.112. The maximum atomic E-state index is 12.2. The lowest BCUT2D eigenvalue weighted by Gasteiger charge is -2.23. The van der Waals surface area contributed by atoms with Gasteiger partial charge < -0.3 is 30.7 Å². The zero-order valence-electron chi connectivity index (χ0n) is 16.2. The number of nitrogens with one attached hydrogen (secondary N) is 2. The summed E-state index contributed by atoms with van der Waals surface area (Å²) in [6.45, 7) is 0.386. The van der Waals surface area contributed by atoms with Gasteiger partial charge in [-0.15, -0.1) is 4.91 Å². The fourth-order valence-electron chi connectivity index (χ4n) is 1.73. The molecule has 0 spiro atoms. The van der Waals surface area contributed by atoms with Crippen LogP contribution in [0.2, 0.25) is 0 Å². The van der Waals surface area contributed by atoms with E-state index < -0.39 is 42.4 Å². The molecule has 0 rings (SSSR count). The summed E-state index contributed by atoms with van der Waals surface area (Å²) in [4.78, 5) is 56.6. The summed E-state index contributed by atoms with van der Waals surface area (Å²) >= 11 is 0.524. The summed E-state index contributed by atoms with van der Waals surface area (Å²) in [7, 11) is 5.81. The fraction of sp³-hybridized carbons (Fsp3) is 0.733. The second-order valence-electron chi connectivity index (χ2n) is 6.93. The number of likely N-dealkylation sites (N-methyl/N-ethyl adjacent to an activating group) is 1. The van der Waals surface area contributed by atoms with Crippen LogP contribution >= 0.6 is 11.9 Å². The highest BCUT2D eigenvalue weighted by molar-refractivity contribution is 7.97. The molecule has 0 aromatic rings. The smallest absolute Gasteiger partial charge is 0.325 e. The second-order valence-corrected chi connectivity index (χ2v) is 7.67. The van der Waals surface area contributed by atoms with Gasteiger partial charge in [-0.25, -0.2) is 0 Å². The van der Waals surface area contributed by atoms with Gasteiger partial charge in [0.25, 0.3) is 0 Å². The first kappa shape index (κ1) is 25.8. The summed E-state index contributed by atoms with van der Waals surface area (Å²) in [5.41, 5.74) is 5.31. The van der Waals surface area contributed by atoms with Crippen molar-refractivity contribution in [3.8, 4) is 0 Å². The number of quaternary nitrogens is 1. The topological polar surface area (TPSA) is 177 Å². The summed E-state index contributed by atoms with van der Waals surface area (Å²) in [5.74, 6) is -3.35. The molecule has 160 valence electrons. The minimum absolute atomic E-state index is 0.118. The third-order valence-electron chi connectivity index (χ3n) is 3.38. The Morgan fingerprint density at radius 3 is 2.43 bits per heavy atom. The number of carbonyl (C=O) groups excluding carboxylic acids is 3. The Hall–Kier alpha value is -2.25. The third-order valence-corrected chi connectivity index (χ3v) is 3.97. The second kappa shape index (κ2) is 13.0. The van der Waals surface area contributed by atoms with E-state index in [2.05, 4.69) is 15.2 Å². The van der Waals surface area contributed by atoms with Gasteiger partial charge in [-0.3, -0.25) is 19.2 Å². The first-order valence-electron chi connectivity index (χ1n) is 8.42. The number of carboxylic acids is 1. The molecular formula is C15H28N5O7S+. The molecule has 28 heavy (non-hydrogen) atoms. The van der Waals surface area contributed by atoms with Gasteiger partial charge in [-0.1, -0.05) is 0 Å². The first-order chi connectivity index (χ1) is 13.0. The number of hydrogen-bond donors (Lipinski definition) is 4. The van der Waals surface area contributed by atoms with Gasteiger partial charge in [-0.05, 0) is 6.42 Å². The molecular weight excluding hydrogens is 394 g/mol. The lowest BCUT2D eigenvalue weighted by molar-refractivity contribution is -0.870. The number of carbonyl (C=O) groups is 4. The Kier molecular flexibility index (Phi) is 12.0. The van der Waals surface area contributed by atoms with Gasteiger partial charge in [0.2, 0.25) is 11.8 Å². The highest BCUT2D eigenvalue weighted by atomic mass is 32.2. The number of aliphatic carboxylic acids is 1. The number of ether oxygens (including phenoxy) is 1. The SMILES string of the molecule is C[N+](C)(C)CCOC(=O)CNC(=O)C(CSN=O)NC(=O)CCC(N)C(=O)O. The molecule has 12 nitrogen and oxygen atoms in total. The minimum Gasteiger partial charge on any atom is -0.480 e. The summed E-state index contributed by atoms with van der Waals surface area (Å²) < 4.78 is 8.17. The molecule has 0 fully saturated rings. The Balaban J connectivity index is 4.47. The van der Waals surface area contributed by atoms with E-state index in [4.69, 9.17) is 15.6 Å². The Morgan fingerprint density at radius 1 is 1.25 bits per heavy atom. The monoisotopic (exact) mass is 422 g/mol. The van der Waals surface area contributed by atoms with Gasteiger partial charge >= 0.3 is 11.9 Å². The number of nitrogens with zero attached hydrogens (tertiary/aromatic N) is 2. The number of nitrogens with two attached hydrogens (primary N) is 1. The van der Waals surface area contributed by atoms with Crippen LogP contribution in [0, 0.1) is 4.91 Å². The molecule has 13 heteroatoms. The van der Waals surface area contributed by atoms with Crippen LogP contribution in [-0.4, -0.2) is 92.0 Å².